The molecule has 0 unspecified atom stereocenters. The molecule has 2 aromatic heterocycles. The summed E-state index contributed by atoms with van der Waals surface area (Å²) in [5.41, 5.74) is 4.19. The lowest BCUT2D eigenvalue weighted by Crippen LogP contribution is -2.00. The van der Waals surface area contributed by atoms with Crippen LogP contribution >= 0.6 is 0 Å². The second-order valence-corrected chi connectivity index (χ2v) is 4.73. The van der Waals surface area contributed by atoms with Crippen LogP contribution in [-0.2, 0) is 4.74 Å². The Morgan fingerprint density at radius 2 is 2.00 bits per heavy atom. The van der Waals surface area contributed by atoms with Crippen LogP contribution in [0.3, 0.4) is 0 Å². The molecule has 0 atom stereocenters. The maximum Gasteiger partial charge on any atom is 0.337 e. The number of pyridine rings is 2. The van der Waals surface area contributed by atoms with Gasteiger partial charge in [0.2, 0.25) is 0 Å². The SMILES string of the molecule is COC(=O)c1ccc2nc(-c3cccnc3C)ccc2c1. The maximum atomic E-state index is 11.5. The zero-order valence-corrected chi connectivity index (χ0v) is 11.8. The third-order valence-corrected chi connectivity index (χ3v) is 3.39. The Morgan fingerprint density at radius 1 is 1.14 bits per heavy atom. The van der Waals surface area contributed by atoms with Crippen LogP contribution in [0.5, 0.6) is 0 Å². The Bertz CT molecular complexity index is 828. The van der Waals surface area contributed by atoms with E-state index in [2.05, 4.69) is 9.97 Å². The maximum absolute atomic E-state index is 11.5. The molecule has 0 amide bonds. The predicted octanol–water partition coefficient (Wildman–Crippen LogP) is 3.39. The number of esters is 1. The second-order valence-electron chi connectivity index (χ2n) is 4.73. The van der Waals surface area contributed by atoms with Gasteiger partial charge < -0.3 is 4.74 Å². The summed E-state index contributed by atoms with van der Waals surface area (Å²) in [5, 5.41) is 0.906. The number of benzene rings is 1. The summed E-state index contributed by atoms with van der Waals surface area (Å²) in [6.45, 7) is 1.96. The van der Waals surface area contributed by atoms with Gasteiger partial charge in [-0.05, 0) is 43.3 Å². The largest absolute Gasteiger partial charge is 0.465 e. The summed E-state index contributed by atoms with van der Waals surface area (Å²) in [6, 6.07) is 13.1. The van der Waals surface area contributed by atoms with Crippen LogP contribution in [0.4, 0.5) is 0 Å². The molecule has 0 fully saturated rings. The summed E-state index contributed by atoms with van der Waals surface area (Å²) < 4.78 is 4.73. The standard InChI is InChI=1S/C17H14N2O2/c1-11-14(4-3-9-18-11)16-8-5-12-10-13(17(20)21-2)6-7-15(12)19-16/h3-10H,1-2H3. The van der Waals surface area contributed by atoms with E-state index < -0.39 is 0 Å². The summed E-state index contributed by atoms with van der Waals surface area (Å²) in [6.07, 6.45) is 1.77. The highest BCUT2D eigenvalue weighted by Crippen LogP contribution is 2.23. The van der Waals surface area contributed by atoms with Crippen molar-refractivity contribution in [3.63, 3.8) is 0 Å². The third-order valence-electron chi connectivity index (χ3n) is 3.39. The predicted molar refractivity (Wildman–Crippen MR) is 81.1 cm³/mol. The number of fused-ring (bicyclic) bond motifs is 1. The number of carbonyl (C=O) groups is 1. The first-order valence-electron chi connectivity index (χ1n) is 6.60. The average Bonchev–Trinajstić information content (AvgIpc) is 2.53. The van der Waals surface area contributed by atoms with E-state index in [0.29, 0.717) is 5.56 Å². The van der Waals surface area contributed by atoms with Gasteiger partial charge >= 0.3 is 5.97 Å². The highest BCUT2D eigenvalue weighted by Gasteiger charge is 2.08. The zero-order valence-electron chi connectivity index (χ0n) is 11.8. The molecule has 4 nitrogen and oxygen atoms in total. The number of ether oxygens (including phenoxy) is 1. The molecule has 21 heavy (non-hydrogen) atoms. The van der Waals surface area contributed by atoms with E-state index in [9.17, 15) is 4.79 Å². The highest BCUT2D eigenvalue weighted by molar-refractivity contribution is 5.94. The van der Waals surface area contributed by atoms with E-state index in [1.165, 1.54) is 7.11 Å². The molecule has 2 heterocycles. The first kappa shape index (κ1) is 13.2. The summed E-state index contributed by atoms with van der Waals surface area (Å²) in [4.78, 5) is 20.5. The lowest BCUT2D eigenvalue weighted by molar-refractivity contribution is 0.0601. The van der Waals surface area contributed by atoms with E-state index >= 15 is 0 Å². The number of aryl methyl sites for hydroxylation is 1. The van der Waals surface area contributed by atoms with Gasteiger partial charge in [0.15, 0.2) is 0 Å². The smallest absolute Gasteiger partial charge is 0.337 e. The lowest BCUT2D eigenvalue weighted by atomic mass is 10.1. The summed E-state index contributed by atoms with van der Waals surface area (Å²) in [7, 11) is 1.37. The molecule has 0 aliphatic heterocycles. The van der Waals surface area contributed by atoms with Crippen LogP contribution in [0.1, 0.15) is 16.1 Å². The Labute approximate surface area is 122 Å². The van der Waals surface area contributed by atoms with Crippen LogP contribution in [0.2, 0.25) is 0 Å². The Kier molecular flexibility index (Phi) is 3.36. The molecule has 0 aliphatic carbocycles. The van der Waals surface area contributed by atoms with Crippen LogP contribution in [0, 0.1) is 6.92 Å². The number of aromatic nitrogens is 2. The highest BCUT2D eigenvalue weighted by atomic mass is 16.5. The van der Waals surface area contributed by atoms with Gasteiger partial charge in [-0.3, -0.25) is 4.98 Å². The molecule has 4 heteroatoms. The molecule has 0 aliphatic rings. The minimum Gasteiger partial charge on any atom is -0.465 e. The number of hydrogen-bond donors (Lipinski definition) is 0. The van der Waals surface area contributed by atoms with Crippen molar-refractivity contribution in [1.82, 2.24) is 9.97 Å². The third kappa shape index (κ3) is 2.48. The van der Waals surface area contributed by atoms with Gasteiger partial charge in [-0.2, -0.15) is 0 Å². The van der Waals surface area contributed by atoms with Crippen molar-refractivity contribution in [3.8, 4) is 11.3 Å². The van der Waals surface area contributed by atoms with Crippen LogP contribution < -0.4 is 0 Å². The van der Waals surface area contributed by atoms with Gasteiger partial charge in [-0.1, -0.05) is 6.07 Å². The van der Waals surface area contributed by atoms with Crippen molar-refractivity contribution >= 4 is 16.9 Å². The number of methoxy groups -OCH3 is 1. The van der Waals surface area contributed by atoms with E-state index in [-0.39, 0.29) is 5.97 Å². The second kappa shape index (κ2) is 5.32. The average molecular weight is 278 g/mol. The number of nitrogens with zero attached hydrogens (tertiary/aromatic N) is 2. The van der Waals surface area contributed by atoms with Gasteiger partial charge in [0.1, 0.15) is 0 Å². The molecule has 0 saturated heterocycles. The Hall–Kier alpha value is -2.75. The van der Waals surface area contributed by atoms with E-state index in [4.69, 9.17) is 4.74 Å². The van der Waals surface area contributed by atoms with E-state index in [1.807, 2.05) is 37.3 Å². The quantitative estimate of drug-likeness (QED) is 0.674. The molecule has 0 radical (unpaired) electrons. The molecule has 3 aromatic rings. The molecule has 3 rings (SSSR count). The van der Waals surface area contributed by atoms with Gasteiger partial charge in [-0.15, -0.1) is 0 Å². The van der Waals surface area contributed by atoms with Gasteiger partial charge in [0.05, 0.1) is 23.9 Å². The molecule has 0 N–H and O–H groups in total. The van der Waals surface area contributed by atoms with Crippen LogP contribution in [-0.4, -0.2) is 23.0 Å². The molecule has 0 saturated carbocycles. The molecule has 0 bridgehead atoms. The topological polar surface area (TPSA) is 52.1 Å². The summed E-state index contributed by atoms with van der Waals surface area (Å²) >= 11 is 0. The fraction of sp³-hybridized carbons (Fsp3) is 0.118. The molecule has 104 valence electrons. The van der Waals surface area contributed by atoms with Crippen LogP contribution in [0.25, 0.3) is 22.2 Å². The normalized spacial score (nSPS) is 10.6. The zero-order chi connectivity index (χ0) is 14.8. The van der Waals surface area contributed by atoms with Gasteiger partial charge in [0.25, 0.3) is 0 Å². The molecular weight excluding hydrogens is 264 g/mol. The minimum absolute atomic E-state index is 0.343. The fourth-order valence-corrected chi connectivity index (χ4v) is 2.28. The first-order valence-corrected chi connectivity index (χ1v) is 6.60. The van der Waals surface area contributed by atoms with Gasteiger partial charge in [0, 0.05) is 22.8 Å². The van der Waals surface area contributed by atoms with Crippen molar-refractivity contribution in [2.45, 2.75) is 6.92 Å². The van der Waals surface area contributed by atoms with Gasteiger partial charge in [-0.25, -0.2) is 9.78 Å². The van der Waals surface area contributed by atoms with Crippen molar-refractivity contribution < 1.29 is 9.53 Å². The first-order chi connectivity index (χ1) is 10.2. The van der Waals surface area contributed by atoms with Crippen molar-refractivity contribution in [3.05, 3.63) is 59.9 Å². The lowest BCUT2D eigenvalue weighted by Gasteiger charge is -2.06. The molecular formula is C17H14N2O2. The number of hydrogen-bond acceptors (Lipinski definition) is 4. The molecule has 1 aromatic carbocycles. The Balaban J connectivity index is 2.10. The van der Waals surface area contributed by atoms with E-state index in [0.717, 1.165) is 27.9 Å². The van der Waals surface area contributed by atoms with E-state index in [1.54, 1.807) is 18.3 Å². The fourth-order valence-electron chi connectivity index (χ4n) is 2.28. The van der Waals surface area contributed by atoms with Crippen molar-refractivity contribution in [1.29, 1.82) is 0 Å². The van der Waals surface area contributed by atoms with Crippen LogP contribution in [0.15, 0.2) is 48.7 Å². The Morgan fingerprint density at radius 3 is 2.76 bits per heavy atom. The number of carbonyl (C=O) groups excluding carboxylic acids is 1. The molecule has 0 spiro atoms. The van der Waals surface area contributed by atoms with Crippen molar-refractivity contribution in [2.75, 3.05) is 7.11 Å². The minimum atomic E-state index is -0.343. The number of rotatable bonds is 2. The monoisotopic (exact) mass is 278 g/mol. The summed E-state index contributed by atoms with van der Waals surface area (Å²) in [5.74, 6) is -0.343. The van der Waals surface area contributed by atoms with Crippen molar-refractivity contribution in [2.24, 2.45) is 0 Å².